The zero-order chi connectivity index (χ0) is 12.2. The van der Waals surface area contributed by atoms with Gasteiger partial charge in [-0.25, -0.2) is 0 Å². The summed E-state index contributed by atoms with van der Waals surface area (Å²) in [6, 6.07) is 0.344. The summed E-state index contributed by atoms with van der Waals surface area (Å²) in [5, 5.41) is 3.38. The lowest BCUT2D eigenvalue weighted by Crippen LogP contribution is -2.36. The zero-order valence-electron chi connectivity index (χ0n) is 10.8. The summed E-state index contributed by atoms with van der Waals surface area (Å²) >= 11 is 5.70. The molecule has 0 aliphatic rings. The molecule has 4 heteroatoms. The Hall–Kier alpha value is 0.170. The molecule has 1 atom stereocenters. The fourth-order valence-corrected chi connectivity index (χ4v) is 1.60. The van der Waals surface area contributed by atoms with E-state index in [4.69, 9.17) is 21.1 Å². The second-order valence-corrected chi connectivity index (χ2v) is 4.76. The number of hydrogen-bond acceptors (Lipinski definition) is 3. The van der Waals surface area contributed by atoms with Crippen molar-refractivity contribution in [1.29, 1.82) is 0 Å². The molecule has 0 heterocycles. The van der Waals surface area contributed by atoms with Crippen LogP contribution < -0.4 is 5.32 Å². The Kier molecular flexibility index (Phi) is 11.8. The third-order valence-corrected chi connectivity index (χ3v) is 2.56. The number of nitrogens with one attached hydrogen (secondary N) is 1. The molecule has 0 rings (SSSR count). The SMILES string of the molecule is COCC(CCCl)NCCOCCC(C)C. The Labute approximate surface area is 105 Å². The molecule has 0 aromatic heterocycles. The van der Waals surface area contributed by atoms with E-state index < -0.39 is 0 Å². The maximum absolute atomic E-state index is 5.70. The number of halogens is 1. The van der Waals surface area contributed by atoms with Crippen LogP contribution in [0.4, 0.5) is 0 Å². The fraction of sp³-hybridized carbons (Fsp3) is 1.00. The zero-order valence-corrected chi connectivity index (χ0v) is 11.6. The van der Waals surface area contributed by atoms with Gasteiger partial charge in [-0.15, -0.1) is 11.6 Å². The lowest BCUT2D eigenvalue weighted by Gasteiger charge is -2.16. The maximum Gasteiger partial charge on any atom is 0.0616 e. The van der Waals surface area contributed by atoms with Gasteiger partial charge in [-0.3, -0.25) is 0 Å². The highest BCUT2D eigenvalue weighted by Crippen LogP contribution is 1.98. The Bertz CT molecular complexity index is 139. The normalized spacial score (nSPS) is 13.3. The first-order chi connectivity index (χ1) is 7.70. The topological polar surface area (TPSA) is 30.5 Å². The van der Waals surface area contributed by atoms with E-state index in [0.29, 0.717) is 24.4 Å². The van der Waals surface area contributed by atoms with Gasteiger partial charge in [0.2, 0.25) is 0 Å². The summed E-state index contributed by atoms with van der Waals surface area (Å²) in [5.74, 6) is 1.38. The summed E-state index contributed by atoms with van der Waals surface area (Å²) in [6.07, 6.45) is 2.06. The molecule has 16 heavy (non-hydrogen) atoms. The van der Waals surface area contributed by atoms with Gasteiger partial charge in [-0.2, -0.15) is 0 Å². The van der Waals surface area contributed by atoms with E-state index in [-0.39, 0.29) is 0 Å². The third kappa shape index (κ3) is 10.7. The van der Waals surface area contributed by atoms with Crippen LogP contribution in [0.1, 0.15) is 26.7 Å². The smallest absolute Gasteiger partial charge is 0.0616 e. The minimum atomic E-state index is 0.344. The van der Waals surface area contributed by atoms with Crippen LogP contribution in [0.3, 0.4) is 0 Å². The first-order valence-electron chi connectivity index (χ1n) is 6.06. The Morgan fingerprint density at radius 3 is 2.50 bits per heavy atom. The first-order valence-corrected chi connectivity index (χ1v) is 6.60. The minimum absolute atomic E-state index is 0.344. The van der Waals surface area contributed by atoms with Crippen molar-refractivity contribution in [2.75, 3.05) is 39.4 Å². The van der Waals surface area contributed by atoms with Gasteiger partial charge in [0, 0.05) is 32.2 Å². The molecule has 0 amide bonds. The van der Waals surface area contributed by atoms with Crippen LogP contribution in [0, 0.1) is 5.92 Å². The molecule has 1 N–H and O–H groups in total. The molecular formula is C12H26ClNO2. The fourth-order valence-electron chi connectivity index (χ4n) is 1.33. The standard InChI is InChI=1S/C12H26ClNO2/c1-11(2)5-8-16-9-7-14-12(4-6-13)10-15-3/h11-12,14H,4-10H2,1-3H3. The van der Waals surface area contributed by atoms with Gasteiger partial charge in [0.15, 0.2) is 0 Å². The summed E-state index contributed by atoms with van der Waals surface area (Å²) in [4.78, 5) is 0. The summed E-state index contributed by atoms with van der Waals surface area (Å²) in [6.45, 7) is 7.59. The van der Waals surface area contributed by atoms with E-state index in [9.17, 15) is 0 Å². The predicted octanol–water partition coefficient (Wildman–Crippen LogP) is 2.28. The van der Waals surface area contributed by atoms with E-state index in [1.165, 1.54) is 0 Å². The lowest BCUT2D eigenvalue weighted by molar-refractivity contribution is 0.115. The van der Waals surface area contributed by atoms with Crippen LogP contribution in [0.25, 0.3) is 0 Å². The third-order valence-electron chi connectivity index (χ3n) is 2.34. The highest BCUT2D eigenvalue weighted by molar-refractivity contribution is 6.17. The average Bonchev–Trinajstić information content (AvgIpc) is 2.23. The number of hydrogen-bond donors (Lipinski definition) is 1. The quantitative estimate of drug-likeness (QED) is 0.452. The monoisotopic (exact) mass is 251 g/mol. The molecule has 0 saturated carbocycles. The Morgan fingerprint density at radius 1 is 1.19 bits per heavy atom. The molecule has 3 nitrogen and oxygen atoms in total. The predicted molar refractivity (Wildman–Crippen MR) is 69.3 cm³/mol. The highest BCUT2D eigenvalue weighted by Gasteiger charge is 2.05. The number of alkyl halides is 1. The molecule has 0 aliphatic heterocycles. The van der Waals surface area contributed by atoms with Crippen molar-refractivity contribution < 1.29 is 9.47 Å². The van der Waals surface area contributed by atoms with E-state index in [1.54, 1.807) is 7.11 Å². The van der Waals surface area contributed by atoms with Crippen LogP contribution in [0.2, 0.25) is 0 Å². The second-order valence-electron chi connectivity index (χ2n) is 4.38. The lowest BCUT2D eigenvalue weighted by atomic mass is 10.1. The van der Waals surface area contributed by atoms with Gasteiger partial charge in [-0.05, 0) is 18.8 Å². The number of rotatable bonds is 11. The van der Waals surface area contributed by atoms with Crippen LogP contribution >= 0.6 is 11.6 Å². The molecule has 0 radical (unpaired) electrons. The highest BCUT2D eigenvalue weighted by atomic mass is 35.5. The van der Waals surface area contributed by atoms with Gasteiger partial charge in [0.05, 0.1) is 13.2 Å². The molecule has 0 fully saturated rings. The van der Waals surface area contributed by atoms with Crippen LogP contribution in [-0.4, -0.2) is 45.4 Å². The van der Waals surface area contributed by atoms with E-state index in [2.05, 4.69) is 19.2 Å². The molecular weight excluding hydrogens is 226 g/mol. The summed E-state index contributed by atoms with van der Waals surface area (Å²) in [7, 11) is 1.71. The first kappa shape index (κ1) is 16.2. The summed E-state index contributed by atoms with van der Waals surface area (Å²) < 4.78 is 10.6. The van der Waals surface area contributed by atoms with E-state index >= 15 is 0 Å². The average molecular weight is 252 g/mol. The Balaban J connectivity index is 3.32. The molecule has 0 aromatic rings. The Morgan fingerprint density at radius 2 is 1.94 bits per heavy atom. The largest absolute Gasteiger partial charge is 0.383 e. The summed E-state index contributed by atoms with van der Waals surface area (Å²) in [5.41, 5.74) is 0. The van der Waals surface area contributed by atoms with Crippen LogP contribution in [0.5, 0.6) is 0 Å². The van der Waals surface area contributed by atoms with Crippen LogP contribution in [0.15, 0.2) is 0 Å². The molecule has 0 bridgehead atoms. The second kappa shape index (κ2) is 11.6. The maximum atomic E-state index is 5.70. The molecule has 0 aromatic carbocycles. The molecule has 1 unspecified atom stereocenters. The van der Waals surface area contributed by atoms with E-state index in [0.717, 1.165) is 32.6 Å². The molecule has 0 aliphatic carbocycles. The van der Waals surface area contributed by atoms with Gasteiger partial charge in [0.1, 0.15) is 0 Å². The van der Waals surface area contributed by atoms with E-state index in [1.807, 2.05) is 0 Å². The molecule has 98 valence electrons. The van der Waals surface area contributed by atoms with Crippen molar-refractivity contribution in [2.24, 2.45) is 5.92 Å². The van der Waals surface area contributed by atoms with Gasteiger partial charge in [-0.1, -0.05) is 13.8 Å². The molecule has 0 saturated heterocycles. The van der Waals surface area contributed by atoms with Gasteiger partial charge >= 0.3 is 0 Å². The van der Waals surface area contributed by atoms with Gasteiger partial charge in [0.25, 0.3) is 0 Å². The van der Waals surface area contributed by atoms with Gasteiger partial charge < -0.3 is 14.8 Å². The van der Waals surface area contributed by atoms with Crippen molar-refractivity contribution >= 4 is 11.6 Å². The van der Waals surface area contributed by atoms with Crippen molar-refractivity contribution in [3.63, 3.8) is 0 Å². The van der Waals surface area contributed by atoms with Crippen molar-refractivity contribution in [3.05, 3.63) is 0 Å². The van der Waals surface area contributed by atoms with Crippen molar-refractivity contribution in [3.8, 4) is 0 Å². The molecule has 0 spiro atoms. The van der Waals surface area contributed by atoms with Crippen molar-refractivity contribution in [2.45, 2.75) is 32.7 Å². The number of ether oxygens (including phenoxy) is 2. The minimum Gasteiger partial charge on any atom is -0.383 e. The van der Waals surface area contributed by atoms with Crippen LogP contribution in [-0.2, 0) is 9.47 Å². The van der Waals surface area contributed by atoms with Crippen molar-refractivity contribution in [1.82, 2.24) is 5.32 Å². The number of methoxy groups -OCH3 is 1.